The van der Waals surface area contributed by atoms with Crippen LogP contribution < -0.4 is 15.4 Å². The van der Waals surface area contributed by atoms with Gasteiger partial charge in [0, 0.05) is 4.47 Å². The Kier molecular flexibility index (Phi) is 8.00. The summed E-state index contributed by atoms with van der Waals surface area (Å²) in [6.07, 6.45) is 4.35. The highest BCUT2D eigenvalue weighted by atomic mass is 79.9. The summed E-state index contributed by atoms with van der Waals surface area (Å²) in [5.74, 6) is 0.959. The topological polar surface area (TPSA) is 67.4 Å². The van der Waals surface area contributed by atoms with Gasteiger partial charge < -0.3 is 15.4 Å². The van der Waals surface area contributed by atoms with Gasteiger partial charge in [-0.1, -0.05) is 46.3 Å². The highest BCUT2D eigenvalue weighted by Gasteiger charge is 2.28. The van der Waals surface area contributed by atoms with Crippen LogP contribution in [0.1, 0.15) is 30.0 Å². The van der Waals surface area contributed by atoms with Crippen LogP contribution in [0.2, 0.25) is 0 Å². The van der Waals surface area contributed by atoms with Gasteiger partial charge in [0.15, 0.2) is 6.61 Å². The lowest BCUT2D eigenvalue weighted by molar-refractivity contribution is -0.130. The number of hydrogen-bond acceptors (Lipinski definition) is 4. The summed E-state index contributed by atoms with van der Waals surface area (Å²) in [7, 11) is 0. The third-order valence-electron chi connectivity index (χ3n) is 4.91. The molecule has 0 bridgehead atoms. The molecular weight excluding hydrogens is 452 g/mol. The van der Waals surface area contributed by atoms with E-state index >= 15 is 0 Å². The number of benzene rings is 2. The van der Waals surface area contributed by atoms with Crippen molar-refractivity contribution in [1.29, 1.82) is 0 Å². The summed E-state index contributed by atoms with van der Waals surface area (Å²) in [4.78, 5) is 25.3. The minimum Gasteiger partial charge on any atom is -0.484 e. The molecule has 1 aliphatic rings. The van der Waals surface area contributed by atoms with Crippen molar-refractivity contribution in [1.82, 2.24) is 10.6 Å². The lowest BCUT2D eigenvalue weighted by Gasteiger charge is -2.21. The number of carbonyl (C=O) groups is 2. The van der Waals surface area contributed by atoms with Crippen LogP contribution in [-0.2, 0) is 16.0 Å². The van der Waals surface area contributed by atoms with Gasteiger partial charge in [0.1, 0.15) is 11.8 Å². The van der Waals surface area contributed by atoms with Crippen LogP contribution in [0, 0.1) is 0 Å². The van der Waals surface area contributed by atoms with Crippen molar-refractivity contribution in [3.63, 3.8) is 0 Å². The number of ether oxygens (including phenoxy) is 1. The molecule has 2 atom stereocenters. The number of thioether (sulfide) groups is 1. The molecule has 0 saturated carbocycles. The van der Waals surface area contributed by atoms with Gasteiger partial charge in [-0.05, 0) is 60.6 Å². The predicted octanol–water partition coefficient (Wildman–Crippen LogP) is 3.87. The summed E-state index contributed by atoms with van der Waals surface area (Å²) in [5.41, 5.74) is 2.40. The number of hydrogen-bond donors (Lipinski definition) is 2. The van der Waals surface area contributed by atoms with Gasteiger partial charge in [-0.2, -0.15) is 11.8 Å². The molecule has 0 aromatic heterocycles. The van der Waals surface area contributed by atoms with E-state index in [2.05, 4.69) is 32.6 Å². The summed E-state index contributed by atoms with van der Waals surface area (Å²) < 4.78 is 6.57. The Morgan fingerprint density at radius 2 is 2.00 bits per heavy atom. The van der Waals surface area contributed by atoms with E-state index < -0.39 is 6.04 Å². The van der Waals surface area contributed by atoms with Crippen LogP contribution in [-0.4, -0.2) is 36.5 Å². The van der Waals surface area contributed by atoms with Gasteiger partial charge >= 0.3 is 0 Å². The van der Waals surface area contributed by atoms with E-state index in [4.69, 9.17) is 4.74 Å². The third-order valence-corrected chi connectivity index (χ3v) is 6.29. The quantitative estimate of drug-likeness (QED) is 0.576. The average Bonchev–Trinajstić information content (AvgIpc) is 3.14. The molecule has 2 unspecified atom stereocenters. The Morgan fingerprint density at radius 3 is 2.76 bits per heavy atom. The summed E-state index contributed by atoms with van der Waals surface area (Å²) in [6, 6.07) is 14.6. The van der Waals surface area contributed by atoms with E-state index in [0.717, 1.165) is 28.6 Å². The van der Waals surface area contributed by atoms with E-state index in [1.54, 1.807) is 23.9 Å². The number of halogens is 1. The SMILES string of the molecule is CSCCC(NC(=O)COc1ccccc1)C(=O)NC1CCc2c(Br)cccc21. The first-order valence-corrected chi connectivity index (χ1v) is 11.8. The molecule has 2 N–H and O–H groups in total. The number of rotatable bonds is 9. The van der Waals surface area contributed by atoms with Crippen LogP contribution in [0.4, 0.5) is 0 Å². The van der Waals surface area contributed by atoms with Crippen molar-refractivity contribution in [2.45, 2.75) is 31.3 Å². The van der Waals surface area contributed by atoms with Crippen molar-refractivity contribution in [2.75, 3.05) is 18.6 Å². The zero-order valence-corrected chi connectivity index (χ0v) is 18.7. The number of para-hydroxylation sites is 1. The minimum atomic E-state index is -0.578. The van der Waals surface area contributed by atoms with Gasteiger partial charge in [-0.25, -0.2) is 0 Å². The zero-order valence-electron chi connectivity index (χ0n) is 16.3. The maximum absolute atomic E-state index is 12.9. The largest absolute Gasteiger partial charge is 0.484 e. The summed E-state index contributed by atoms with van der Waals surface area (Å²) in [5, 5.41) is 5.96. The van der Waals surface area contributed by atoms with Crippen molar-refractivity contribution in [3.8, 4) is 5.75 Å². The van der Waals surface area contributed by atoms with Crippen molar-refractivity contribution >= 4 is 39.5 Å². The molecule has 2 aromatic rings. The molecule has 5 nitrogen and oxygen atoms in total. The first kappa shape index (κ1) is 21.7. The second-order valence-electron chi connectivity index (χ2n) is 6.91. The Balaban J connectivity index is 1.58. The summed E-state index contributed by atoms with van der Waals surface area (Å²) in [6.45, 7) is -0.119. The number of amides is 2. The molecule has 0 radical (unpaired) electrons. The molecule has 3 rings (SSSR count). The number of fused-ring (bicyclic) bond motifs is 1. The Hall–Kier alpha value is -1.99. The van der Waals surface area contributed by atoms with Gasteiger partial charge in [0.25, 0.3) is 5.91 Å². The lowest BCUT2D eigenvalue weighted by atomic mass is 10.1. The number of carbonyl (C=O) groups excluding carboxylic acids is 2. The highest BCUT2D eigenvalue weighted by Crippen LogP contribution is 2.35. The maximum Gasteiger partial charge on any atom is 0.258 e. The van der Waals surface area contributed by atoms with Crippen LogP contribution in [0.3, 0.4) is 0 Å². The third kappa shape index (κ3) is 6.00. The Labute approximate surface area is 184 Å². The predicted molar refractivity (Wildman–Crippen MR) is 120 cm³/mol. The van der Waals surface area contributed by atoms with E-state index in [-0.39, 0.29) is 24.5 Å². The maximum atomic E-state index is 12.9. The molecule has 0 aliphatic heterocycles. The molecule has 0 spiro atoms. The molecule has 29 heavy (non-hydrogen) atoms. The molecule has 154 valence electrons. The van der Waals surface area contributed by atoms with Gasteiger partial charge in [0.2, 0.25) is 5.91 Å². The Bertz CT molecular complexity index is 847. The molecule has 0 fully saturated rings. The van der Waals surface area contributed by atoms with Crippen molar-refractivity contribution in [3.05, 3.63) is 64.1 Å². The molecule has 0 saturated heterocycles. The van der Waals surface area contributed by atoms with E-state index in [1.165, 1.54) is 5.56 Å². The molecule has 2 aromatic carbocycles. The second-order valence-corrected chi connectivity index (χ2v) is 8.75. The fourth-order valence-corrected chi connectivity index (χ4v) is 4.49. The summed E-state index contributed by atoms with van der Waals surface area (Å²) >= 11 is 5.24. The standard InChI is InChI=1S/C22H25BrN2O3S/c1-29-13-12-20(24-21(26)14-28-15-6-3-2-4-7-15)22(27)25-19-11-10-16-17(19)8-5-9-18(16)23/h2-9,19-20H,10-14H2,1H3,(H,24,26)(H,25,27). The van der Waals surface area contributed by atoms with Gasteiger partial charge in [0.05, 0.1) is 6.04 Å². The monoisotopic (exact) mass is 476 g/mol. The van der Waals surface area contributed by atoms with Crippen LogP contribution in [0.25, 0.3) is 0 Å². The first-order valence-electron chi connectivity index (χ1n) is 9.62. The normalized spacial score (nSPS) is 16.0. The van der Waals surface area contributed by atoms with Crippen molar-refractivity contribution in [2.24, 2.45) is 0 Å². The van der Waals surface area contributed by atoms with Gasteiger partial charge in [-0.3, -0.25) is 9.59 Å². The van der Waals surface area contributed by atoms with Crippen molar-refractivity contribution < 1.29 is 14.3 Å². The molecule has 0 heterocycles. The first-order chi connectivity index (χ1) is 14.1. The van der Waals surface area contributed by atoms with E-state index in [0.29, 0.717) is 12.2 Å². The molecule has 2 amide bonds. The fraction of sp³-hybridized carbons (Fsp3) is 0.364. The highest BCUT2D eigenvalue weighted by molar-refractivity contribution is 9.10. The average molecular weight is 477 g/mol. The smallest absolute Gasteiger partial charge is 0.258 e. The molecular formula is C22H25BrN2O3S. The lowest BCUT2D eigenvalue weighted by Crippen LogP contribution is -2.49. The Morgan fingerprint density at radius 1 is 1.21 bits per heavy atom. The van der Waals surface area contributed by atoms with Crippen LogP contribution in [0.15, 0.2) is 53.0 Å². The van der Waals surface area contributed by atoms with Crippen LogP contribution >= 0.6 is 27.7 Å². The van der Waals surface area contributed by atoms with E-state index in [9.17, 15) is 9.59 Å². The van der Waals surface area contributed by atoms with Crippen LogP contribution in [0.5, 0.6) is 5.75 Å². The van der Waals surface area contributed by atoms with E-state index in [1.807, 2.05) is 36.6 Å². The van der Waals surface area contributed by atoms with Gasteiger partial charge in [-0.15, -0.1) is 0 Å². The minimum absolute atomic E-state index is 0.0238. The molecule has 7 heteroatoms. The molecule has 1 aliphatic carbocycles. The fourth-order valence-electron chi connectivity index (χ4n) is 3.44. The zero-order chi connectivity index (χ0) is 20.6. The second kappa shape index (κ2) is 10.7. The number of nitrogens with one attached hydrogen (secondary N) is 2.